The van der Waals surface area contributed by atoms with Crippen LogP contribution >= 0.6 is 0 Å². The van der Waals surface area contributed by atoms with Crippen molar-refractivity contribution < 1.29 is 0 Å². The minimum absolute atomic E-state index is 0.550. The SMILES string of the molecule is Cc1ccc(N(c2ccc([Si](C)(C)C)cc2)c2ccc3c(c2)C2(c4ccccc4-c4ccccc42)c2cc(-n4c5ccccc5c5ccccc54)c4ccccc4c2-3)cc1. The number of benzene rings is 9. The summed E-state index contributed by atoms with van der Waals surface area (Å²) in [5, 5.41) is 6.52. The van der Waals surface area contributed by atoms with E-state index >= 15 is 0 Å². The maximum atomic E-state index is 2.56. The molecule has 0 aliphatic heterocycles. The van der Waals surface area contributed by atoms with Crippen molar-refractivity contribution in [3.8, 4) is 27.9 Å². The molecule has 0 atom stereocenters. The van der Waals surface area contributed by atoms with Gasteiger partial charge in [-0.05, 0) is 111 Å². The maximum Gasteiger partial charge on any atom is 0.0775 e. The molecule has 1 spiro atoms. The third kappa shape index (κ3) is 4.81. The fourth-order valence-electron chi connectivity index (χ4n) is 10.7. The first kappa shape index (κ1) is 35.0. The van der Waals surface area contributed by atoms with E-state index in [0.717, 1.165) is 17.1 Å². The van der Waals surface area contributed by atoms with E-state index in [1.54, 1.807) is 0 Å². The van der Waals surface area contributed by atoms with Gasteiger partial charge in [0.1, 0.15) is 0 Å². The quantitative estimate of drug-likeness (QED) is 0.158. The summed E-state index contributed by atoms with van der Waals surface area (Å²) in [5.41, 5.74) is 18.4. The van der Waals surface area contributed by atoms with Crippen molar-refractivity contribution in [1.82, 2.24) is 4.57 Å². The van der Waals surface area contributed by atoms with Gasteiger partial charge in [-0.3, -0.25) is 0 Å². The van der Waals surface area contributed by atoms with Gasteiger partial charge in [0.2, 0.25) is 0 Å². The number of nitrogens with zero attached hydrogens (tertiary/aromatic N) is 2. The molecule has 60 heavy (non-hydrogen) atoms. The molecule has 3 heteroatoms. The molecule has 0 fully saturated rings. The van der Waals surface area contributed by atoms with Crippen molar-refractivity contribution >= 4 is 62.9 Å². The summed E-state index contributed by atoms with van der Waals surface area (Å²) >= 11 is 0. The lowest BCUT2D eigenvalue weighted by Gasteiger charge is -2.32. The fourth-order valence-corrected chi connectivity index (χ4v) is 11.9. The first-order valence-corrected chi connectivity index (χ1v) is 24.7. The average molecular weight is 785 g/mol. The number of hydrogen-bond donors (Lipinski definition) is 0. The lowest BCUT2D eigenvalue weighted by Crippen LogP contribution is -2.37. The Morgan fingerprint density at radius 1 is 0.417 bits per heavy atom. The second kappa shape index (κ2) is 12.8. The van der Waals surface area contributed by atoms with Gasteiger partial charge >= 0.3 is 0 Å². The van der Waals surface area contributed by atoms with E-state index in [-0.39, 0.29) is 0 Å². The van der Waals surface area contributed by atoms with E-state index in [4.69, 9.17) is 0 Å². The summed E-state index contributed by atoms with van der Waals surface area (Å²) in [5.74, 6) is 0. The lowest BCUT2D eigenvalue weighted by molar-refractivity contribution is 0.793. The van der Waals surface area contributed by atoms with Gasteiger partial charge < -0.3 is 9.47 Å². The van der Waals surface area contributed by atoms with Gasteiger partial charge in [0.25, 0.3) is 0 Å². The van der Waals surface area contributed by atoms with Crippen molar-refractivity contribution in [3.05, 3.63) is 222 Å². The Hall–Kier alpha value is -6.94. The zero-order valence-electron chi connectivity index (χ0n) is 34.4. The molecule has 0 unspecified atom stereocenters. The van der Waals surface area contributed by atoms with Crippen LogP contribution in [0.1, 0.15) is 27.8 Å². The minimum Gasteiger partial charge on any atom is -0.310 e. The van der Waals surface area contributed by atoms with Gasteiger partial charge in [-0.15, -0.1) is 0 Å². The van der Waals surface area contributed by atoms with Gasteiger partial charge in [-0.25, -0.2) is 0 Å². The smallest absolute Gasteiger partial charge is 0.0775 e. The van der Waals surface area contributed by atoms with Crippen LogP contribution in [0.4, 0.5) is 17.1 Å². The van der Waals surface area contributed by atoms with Crippen LogP contribution in [0.3, 0.4) is 0 Å². The first-order valence-electron chi connectivity index (χ1n) is 21.2. The monoisotopic (exact) mass is 784 g/mol. The molecule has 1 heterocycles. The van der Waals surface area contributed by atoms with E-state index in [1.807, 2.05) is 0 Å². The summed E-state index contributed by atoms with van der Waals surface area (Å²) in [6.45, 7) is 9.43. The summed E-state index contributed by atoms with van der Waals surface area (Å²) in [4.78, 5) is 2.46. The highest BCUT2D eigenvalue weighted by Gasteiger charge is 2.52. The molecule has 10 aromatic rings. The lowest BCUT2D eigenvalue weighted by atomic mass is 9.70. The molecule has 286 valence electrons. The average Bonchev–Trinajstić information content (AvgIpc) is 3.88. The molecule has 0 N–H and O–H groups in total. The predicted molar refractivity (Wildman–Crippen MR) is 257 cm³/mol. The summed E-state index contributed by atoms with van der Waals surface area (Å²) in [6.07, 6.45) is 0. The van der Waals surface area contributed by atoms with Crippen molar-refractivity contribution in [2.24, 2.45) is 0 Å². The number of rotatable bonds is 5. The molecular weight excluding hydrogens is 741 g/mol. The first-order chi connectivity index (χ1) is 29.3. The molecular formula is C57H44N2Si. The Morgan fingerprint density at radius 2 is 0.917 bits per heavy atom. The second-order valence-electron chi connectivity index (χ2n) is 17.8. The summed E-state index contributed by atoms with van der Waals surface area (Å²) in [6, 6.07) is 73.4. The van der Waals surface area contributed by atoms with Crippen LogP contribution in [-0.2, 0) is 5.41 Å². The van der Waals surface area contributed by atoms with E-state index in [9.17, 15) is 0 Å². The zero-order chi connectivity index (χ0) is 40.3. The third-order valence-corrected chi connectivity index (χ3v) is 15.5. The Labute approximate surface area is 352 Å². The Bertz CT molecular complexity index is 3270. The highest BCUT2D eigenvalue weighted by Crippen LogP contribution is 2.65. The highest BCUT2D eigenvalue weighted by atomic mass is 28.3. The molecule has 0 saturated carbocycles. The third-order valence-electron chi connectivity index (χ3n) is 13.4. The van der Waals surface area contributed by atoms with Gasteiger partial charge in [-0.2, -0.15) is 0 Å². The van der Waals surface area contributed by atoms with Crippen LogP contribution in [0.25, 0.3) is 60.5 Å². The predicted octanol–water partition coefficient (Wildman–Crippen LogP) is 14.6. The molecule has 12 rings (SSSR count). The highest BCUT2D eigenvalue weighted by molar-refractivity contribution is 6.88. The summed E-state index contributed by atoms with van der Waals surface area (Å²) < 4.78 is 2.52. The fraction of sp³-hybridized carbons (Fsp3) is 0.0877. The van der Waals surface area contributed by atoms with Gasteiger partial charge in [0, 0.05) is 33.2 Å². The maximum absolute atomic E-state index is 2.56. The van der Waals surface area contributed by atoms with Crippen LogP contribution in [0.15, 0.2) is 194 Å². The van der Waals surface area contributed by atoms with E-state index in [2.05, 4.69) is 230 Å². The van der Waals surface area contributed by atoms with Crippen molar-refractivity contribution in [1.29, 1.82) is 0 Å². The van der Waals surface area contributed by atoms with Gasteiger partial charge in [0.05, 0.1) is 30.2 Å². The molecule has 2 aliphatic carbocycles. The normalized spacial score (nSPS) is 13.5. The Balaban J connectivity index is 1.20. The van der Waals surface area contributed by atoms with Crippen molar-refractivity contribution in [2.75, 3.05) is 4.90 Å². The molecule has 2 aliphatic rings. The van der Waals surface area contributed by atoms with Crippen LogP contribution < -0.4 is 10.1 Å². The number of aryl methyl sites for hydroxylation is 1. The van der Waals surface area contributed by atoms with Crippen LogP contribution in [0.2, 0.25) is 19.6 Å². The molecule has 0 amide bonds. The van der Waals surface area contributed by atoms with Crippen molar-refractivity contribution in [3.63, 3.8) is 0 Å². The Morgan fingerprint density at radius 3 is 1.52 bits per heavy atom. The largest absolute Gasteiger partial charge is 0.310 e. The van der Waals surface area contributed by atoms with E-state index < -0.39 is 13.5 Å². The summed E-state index contributed by atoms with van der Waals surface area (Å²) in [7, 11) is -1.50. The van der Waals surface area contributed by atoms with Crippen LogP contribution in [0, 0.1) is 6.92 Å². The Kier molecular flexibility index (Phi) is 7.46. The molecule has 0 radical (unpaired) electrons. The van der Waals surface area contributed by atoms with Gasteiger partial charge in [0.15, 0.2) is 0 Å². The van der Waals surface area contributed by atoms with Crippen LogP contribution in [-0.4, -0.2) is 12.6 Å². The minimum atomic E-state index is -1.50. The number of para-hydroxylation sites is 2. The molecule has 9 aromatic carbocycles. The second-order valence-corrected chi connectivity index (χ2v) is 22.8. The number of hydrogen-bond acceptors (Lipinski definition) is 1. The molecule has 0 bridgehead atoms. The van der Waals surface area contributed by atoms with E-state index in [1.165, 1.54) is 93.5 Å². The van der Waals surface area contributed by atoms with Gasteiger partial charge in [-0.1, -0.05) is 170 Å². The molecule has 2 nitrogen and oxygen atoms in total. The number of anilines is 3. The molecule has 1 aromatic heterocycles. The number of aromatic nitrogens is 1. The number of fused-ring (bicyclic) bond motifs is 15. The van der Waals surface area contributed by atoms with Crippen molar-refractivity contribution in [2.45, 2.75) is 32.0 Å². The van der Waals surface area contributed by atoms with E-state index in [0.29, 0.717) is 0 Å². The zero-order valence-corrected chi connectivity index (χ0v) is 35.4. The standard InChI is InChI=1S/C57H44N2Si/c1-37-25-27-38(28-26-37)58(39-29-32-41(33-30-39)60(2,3)4)40-31-34-48-51(35-40)57(49-21-11-7-15-42(49)43-16-8-12-22-50(43)57)52-36-55(46-19-5-6-20-47(46)56(48)52)59-53-23-13-9-17-44(53)45-18-10-14-24-54(45)59/h5-36H,1-4H3. The molecule has 0 saturated heterocycles. The topological polar surface area (TPSA) is 8.17 Å². The van der Waals surface area contributed by atoms with Crippen LogP contribution in [0.5, 0.6) is 0 Å².